The van der Waals surface area contributed by atoms with E-state index in [0.29, 0.717) is 24.5 Å². The summed E-state index contributed by atoms with van der Waals surface area (Å²) in [5.74, 6) is -0.341. The molecule has 7 nitrogen and oxygen atoms in total. The number of carbonyl (C=O) groups is 2. The number of hydrogen-bond donors (Lipinski definition) is 2. The van der Waals surface area contributed by atoms with Gasteiger partial charge in [-0.25, -0.2) is 13.1 Å². The van der Waals surface area contributed by atoms with Gasteiger partial charge in [0.25, 0.3) is 0 Å². The van der Waals surface area contributed by atoms with Crippen molar-refractivity contribution in [2.75, 3.05) is 13.1 Å². The molecule has 186 valence electrons. The molecule has 2 N–H and O–H groups in total. The number of aryl methyl sites for hydroxylation is 1. The van der Waals surface area contributed by atoms with E-state index in [2.05, 4.69) is 10.0 Å². The maximum atomic E-state index is 13.2. The summed E-state index contributed by atoms with van der Waals surface area (Å²) in [5.41, 5.74) is 1.72. The molecule has 1 atom stereocenters. The van der Waals surface area contributed by atoms with Crippen LogP contribution in [0.1, 0.15) is 51.2 Å². The third-order valence-electron chi connectivity index (χ3n) is 5.46. The van der Waals surface area contributed by atoms with Gasteiger partial charge in [-0.15, -0.1) is 0 Å². The first-order valence-corrected chi connectivity index (χ1v) is 13.4. The van der Waals surface area contributed by atoms with Gasteiger partial charge in [-0.05, 0) is 55.2 Å². The molecule has 0 heterocycles. The molecule has 9 heteroatoms. The van der Waals surface area contributed by atoms with E-state index >= 15 is 0 Å². The van der Waals surface area contributed by atoms with E-state index < -0.39 is 16.1 Å². The fraction of sp³-hybridized carbons (Fsp3) is 0.440. The molecule has 0 fully saturated rings. The van der Waals surface area contributed by atoms with Crippen LogP contribution >= 0.6 is 11.6 Å². The Morgan fingerprint density at radius 2 is 1.62 bits per heavy atom. The van der Waals surface area contributed by atoms with Gasteiger partial charge < -0.3 is 10.2 Å². The molecule has 1 unspecified atom stereocenters. The van der Waals surface area contributed by atoms with Crippen LogP contribution in [0.5, 0.6) is 0 Å². The van der Waals surface area contributed by atoms with E-state index in [9.17, 15) is 18.0 Å². The van der Waals surface area contributed by atoms with Gasteiger partial charge >= 0.3 is 0 Å². The largest absolute Gasteiger partial charge is 0.354 e. The third kappa shape index (κ3) is 8.42. The molecular formula is C25H34ClN3O4S. The lowest BCUT2D eigenvalue weighted by Crippen LogP contribution is -2.47. The fourth-order valence-electron chi connectivity index (χ4n) is 3.41. The highest BCUT2D eigenvalue weighted by atomic mass is 35.5. The van der Waals surface area contributed by atoms with Crippen LogP contribution in [0.3, 0.4) is 0 Å². The molecule has 34 heavy (non-hydrogen) atoms. The van der Waals surface area contributed by atoms with Gasteiger partial charge in [-0.2, -0.15) is 0 Å². The summed E-state index contributed by atoms with van der Waals surface area (Å²) in [6, 6.07) is 13.1. The van der Waals surface area contributed by atoms with Gasteiger partial charge in [0.05, 0.1) is 4.90 Å². The Morgan fingerprint density at radius 1 is 1.00 bits per heavy atom. The van der Waals surface area contributed by atoms with Gasteiger partial charge in [0.1, 0.15) is 6.04 Å². The lowest BCUT2D eigenvalue weighted by Gasteiger charge is -2.29. The van der Waals surface area contributed by atoms with Crippen LogP contribution in [0.15, 0.2) is 53.4 Å². The van der Waals surface area contributed by atoms with Crippen molar-refractivity contribution in [3.8, 4) is 0 Å². The molecule has 2 aromatic carbocycles. The Morgan fingerprint density at radius 3 is 2.21 bits per heavy atom. The molecule has 0 aliphatic heterocycles. The molecule has 0 spiro atoms. The van der Waals surface area contributed by atoms with E-state index in [1.165, 1.54) is 12.1 Å². The summed E-state index contributed by atoms with van der Waals surface area (Å²) in [7, 11) is -3.52. The Labute approximate surface area is 207 Å². The Hall–Kier alpha value is -2.42. The van der Waals surface area contributed by atoms with Crippen LogP contribution in [0.4, 0.5) is 0 Å². The van der Waals surface area contributed by atoms with Crippen LogP contribution in [-0.4, -0.2) is 44.3 Å². The lowest BCUT2D eigenvalue weighted by atomic mass is 10.1. The number of nitrogens with zero attached hydrogens (tertiary/aromatic N) is 1. The zero-order valence-electron chi connectivity index (χ0n) is 20.0. The predicted molar refractivity (Wildman–Crippen MR) is 135 cm³/mol. The first-order valence-electron chi connectivity index (χ1n) is 11.6. The summed E-state index contributed by atoms with van der Waals surface area (Å²) in [4.78, 5) is 27.6. The number of unbranched alkanes of at least 4 members (excludes halogenated alkanes) is 1. The minimum Gasteiger partial charge on any atom is -0.354 e. The molecular weight excluding hydrogens is 474 g/mol. The van der Waals surface area contributed by atoms with E-state index in [-0.39, 0.29) is 29.7 Å². The lowest BCUT2D eigenvalue weighted by molar-refractivity contribution is -0.140. The van der Waals surface area contributed by atoms with E-state index in [0.717, 1.165) is 24.0 Å². The van der Waals surface area contributed by atoms with Crippen molar-refractivity contribution in [1.29, 1.82) is 0 Å². The van der Waals surface area contributed by atoms with E-state index in [1.54, 1.807) is 43.0 Å². The van der Waals surface area contributed by atoms with E-state index in [4.69, 9.17) is 11.6 Å². The zero-order valence-corrected chi connectivity index (χ0v) is 21.6. The molecule has 0 saturated carbocycles. The first kappa shape index (κ1) is 27.8. The summed E-state index contributed by atoms with van der Waals surface area (Å²) in [6.45, 7) is 6.68. The van der Waals surface area contributed by atoms with Gasteiger partial charge in [0, 0.05) is 31.1 Å². The van der Waals surface area contributed by atoms with Crippen LogP contribution < -0.4 is 10.0 Å². The monoisotopic (exact) mass is 507 g/mol. The van der Waals surface area contributed by atoms with Gasteiger partial charge in [0.2, 0.25) is 21.8 Å². The number of hydrogen-bond acceptors (Lipinski definition) is 4. The Balaban J connectivity index is 2.10. The van der Waals surface area contributed by atoms with Crippen LogP contribution in [-0.2, 0) is 32.6 Å². The second-order valence-electron chi connectivity index (χ2n) is 8.11. The number of amides is 2. The molecule has 0 aromatic heterocycles. The summed E-state index contributed by atoms with van der Waals surface area (Å²) in [6.07, 6.45) is 2.47. The smallest absolute Gasteiger partial charge is 0.242 e. The molecule has 0 saturated heterocycles. The molecule has 0 bridgehead atoms. The Bertz CT molecular complexity index is 1040. The summed E-state index contributed by atoms with van der Waals surface area (Å²) in [5, 5.41) is 3.50. The highest BCUT2D eigenvalue weighted by Crippen LogP contribution is 2.17. The highest BCUT2D eigenvalue weighted by Gasteiger charge is 2.25. The predicted octanol–water partition coefficient (Wildman–Crippen LogP) is 3.90. The normalized spacial score (nSPS) is 12.2. The standard InChI is InChI=1S/C25H34ClN3O4S/c1-4-6-17-27-25(31)19(3)29(18-21-7-12-22(26)13-8-21)24(30)16-11-20-9-14-23(15-10-20)34(32,33)28-5-2/h7-10,12-15,19,28H,4-6,11,16-18H2,1-3H3,(H,27,31). The van der Waals surface area contributed by atoms with E-state index in [1.807, 2.05) is 19.1 Å². The van der Waals surface area contributed by atoms with Crippen LogP contribution in [0.2, 0.25) is 5.02 Å². The number of benzene rings is 2. The van der Waals surface area contributed by atoms with Crippen molar-refractivity contribution in [1.82, 2.24) is 14.9 Å². The number of halogens is 1. The highest BCUT2D eigenvalue weighted by molar-refractivity contribution is 7.89. The first-order chi connectivity index (χ1) is 16.2. The second-order valence-corrected chi connectivity index (χ2v) is 10.3. The minimum absolute atomic E-state index is 0.155. The molecule has 0 aliphatic rings. The van der Waals surface area contributed by atoms with Crippen molar-refractivity contribution in [2.24, 2.45) is 0 Å². The number of carbonyl (C=O) groups excluding carboxylic acids is 2. The average molecular weight is 508 g/mol. The number of rotatable bonds is 13. The van der Waals surface area contributed by atoms with Crippen LogP contribution in [0.25, 0.3) is 0 Å². The fourth-order valence-corrected chi connectivity index (χ4v) is 4.58. The molecule has 2 rings (SSSR count). The van der Waals surface area contributed by atoms with Gasteiger partial charge in [-0.3, -0.25) is 9.59 Å². The van der Waals surface area contributed by atoms with Crippen molar-refractivity contribution < 1.29 is 18.0 Å². The average Bonchev–Trinajstić information content (AvgIpc) is 2.82. The molecule has 0 aliphatic carbocycles. The molecule has 2 aromatic rings. The quantitative estimate of drug-likeness (QED) is 0.402. The maximum Gasteiger partial charge on any atom is 0.242 e. The van der Waals surface area contributed by atoms with Gasteiger partial charge in [-0.1, -0.05) is 56.1 Å². The number of nitrogens with one attached hydrogen (secondary N) is 2. The maximum absolute atomic E-state index is 13.2. The topological polar surface area (TPSA) is 95.6 Å². The minimum atomic E-state index is -3.52. The van der Waals surface area contributed by atoms with Gasteiger partial charge in [0.15, 0.2) is 0 Å². The third-order valence-corrected chi connectivity index (χ3v) is 7.27. The Kier molecular flexibility index (Phi) is 11.0. The summed E-state index contributed by atoms with van der Waals surface area (Å²) < 4.78 is 26.7. The molecule has 2 amide bonds. The molecule has 0 radical (unpaired) electrons. The van der Waals surface area contributed by atoms with Crippen LogP contribution in [0, 0.1) is 0 Å². The summed E-state index contributed by atoms with van der Waals surface area (Å²) >= 11 is 5.98. The van der Waals surface area contributed by atoms with Crippen molar-refractivity contribution in [2.45, 2.75) is 63.9 Å². The van der Waals surface area contributed by atoms with Crippen molar-refractivity contribution >= 4 is 33.4 Å². The number of sulfonamides is 1. The van der Waals surface area contributed by atoms with Crippen molar-refractivity contribution in [3.05, 3.63) is 64.7 Å². The SMILES string of the molecule is CCCCNC(=O)C(C)N(Cc1ccc(Cl)cc1)C(=O)CCc1ccc(S(=O)(=O)NCC)cc1. The van der Waals surface area contributed by atoms with Crippen molar-refractivity contribution in [3.63, 3.8) is 0 Å². The second kappa shape index (κ2) is 13.5. The zero-order chi connectivity index (χ0) is 25.1.